The Balaban J connectivity index is 1.53. The minimum atomic E-state index is -0.895. The molecular weight excluding hydrogens is 306 g/mol. The molecule has 6 nitrogen and oxygen atoms in total. The lowest BCUT2D eigenvalue weighted by Crippen LogP contribution is -2.37. The molecule has 1 aromatic rings. The van der Waals surface area contributed by atoms with Crippen LogP contribution in [0.5, 0.6) is 0 Å². The molecule has 2 aliphatic heterocycles. The fourth-order valence-corrected chi connectivity index (χ4v) is 3.69. The van der Waals surface area contributed by atoms with Crippen LogP contribution in [0.1, 0.15) is 40.9 Å². The highest BCUT2D eigenvalue weighted by Crippen LogP contribution is 2.30. The van der Waals surface area contributed by atoms with Gasteiger partial charge in [-0.25, -0.2) is 9.78 Å². The first-order valence-electron chi connectivity index (χ1n) is 9.02. The minimum Gasteiger partial charge on any atom is -0.478 e. The van der Waals surface area contributed by atoms with Crippen LogP contribution in [0, 0.1) is 5.92 Å². The average molecular weight is 331 g/mol. The highest BCUT2D eigenvalue weighted by molar-refractivity contribution is 5.93. The summed E-state index contributed by atoms with van der Waals surface area (Å²) in [5.74, 6) is 0.338. The lowest BCUT2D eigenvalue weighted by Gasteiger charge is -2.25. The summed E-state index contributed by atoms with van der Waals surface area (Å²) in [6.45, 7) is 4.43. The summed E-state index contributed by atoms with van der Waals surface area (Å²) in [6, 6.07) is 2.35. The molecule has 0 amide bonds. The van der Waals surface area contributed by atoms with E-state index in [9.17, 15) is 9.90 Å². The number of nitrogens with one attached hydrogen (secondary N) is 1. The molecule has 4 rings (SSSR count). The van der Waals surface area contributed by atoms with Gasteiger partial charge in [-0.15, -0.1) is 0 Å². The third kappa shape index (κ3) is 3.39. The predicted octanol–water partition coefficient (Wildman–Crippen LogP) is 1.79. The highest BCUT2D eigenvalue weighted by atomic mass is 16.5. The number of aromatic carboxylic acids is 1. The van der Waals surface area contributed by atoms with Gasteiger partial charge in [-0.1, -0.05) is 0 Å². The van der Waals surface area contributed by atoms with Crippen molar-refractivity contribution in [2.75, 3.05) is 38.2 Å². The monoisotopic (exact) mass is 331 g/mol. The number of aromatic nitrogens is 1. The lowest BCUT2D eigenvalue weighted by molar-refractivity contribution is 0.0697. The second-order valence-electron chi connectivity index (χ2n) is 7.17. The van der Waals surface area contributed by atoms with Crippen molar-refractivity contribution in [2.24, 2.45) is 5.92 Å². The Morgan fingerprint density at radius 3 is 2.88 bits per heavy atom. The van der Waals surface area contributed by atoms with Crippen LogP contribution >= 0.6 is 0 Å². The number of carboxylic acids is 1. The molecule has 6 heteroatoms. The van der Waals surface area contributed by atoms with E-state index in [-0.39, 0.29) is 0 Å². The zero-order valence-corrected chi connectivity index (χ0v) is 14.0. The summed E-state index contributed by atoms with van der Waals surface area (Å²) in [4.78, 5) is 18.8. The number of pyridine rings is 1. The van der Waals surface area contributed by atoms with Gasteiger partial charge in [0.15, 0.2) is 0 Å². The highest BCUT2D eigenvalue weighted by Gasteiger charge is 2.27. The number of nitrogens with zero attached hydrogens (tertiary/aromatic N) is 2. The number of rotatable bonds is 5. The number of fused-ring (bicyclic) bond motifs is 1. The van der Waals surface area contributed by atoms with Crippen LogP contribution in [0.15, 0.2) is 6.07 Å². The molecule has 3 aliphatic rings. The van der Waals surface area contributed by atoms with Gasteiger partial charge in [0, 0.05) is 44.4 Å². The molecule has 3 heterocycles. The maximum Gasteiger partial charge on any atom is 0.339 e. The van der Waals surface area contributed by atoms with E-state index in [1.54, 1.807) is 0 Å². The van der Waals surface area contributed by atoms with Crippen LogP contribution < -0.4 is 5.32 Å². The summed E-state index contributed by atoms with van der Waals surface area (Å²) >= 11 is 0. The van der Waals surface area contributed by atoms with Crippen molar-refractivity contribution >= 4 is 11.8 Å². The second-order valence-corrected chi connectivity index (χ2v) is 7.17. The van der Waals surface area contributed by atoms with E-state index in [0.29, 0.717) is 23.3 Å². The summed E-state index contributed by atoms with van der Waals surface area (Å²) in [7, 11) is 0. The number of carbonyl (C=O) groups is 1. The molecule has 130 valence electrons. The Morgan fingerprint density at radius 2 is 2.17 bits per heavy atom. The zero-order valence-electron chi connectivity index (χ0n) is 14.0. The van der Waals surface area contributed by atoms with Gasteiger partial charge in [0.2, 0.25) is 0 Å². The van der Waals surface area contributed by atoms with Gasteiger partial charge in [-0.2, -0.15) is 0 Å². The lowest BCUT2D eigenvalue weighted by atomic mass is 10.1. The molecule has 1 atom stereocenters. The molecule has 0 spiro atoms. The Bertz CT molecular complexity index is 624. The molecule has 24 heavy (non-hydrogen) atoms. The first-order chi connectivity index (χ1) is 11.7. The van der Waals surface area contributed by atoms with Crippen LogP contribution in [0.25, 0.3) is 0 Å². The standard InChI is InChI=1S/C18H25N3O3/c22-18(23)15-9-13-3-6-21(14-5-8-24-11-14)7-4-16(13)20-17(15)19-10-12-1-2-12/h9,12,14H,1-8,10-11H2,(H,19,20)(H,22,23)/t14-/m1/s1. The molecule has 1 saturated heterocycles. The van der Waals surface area contributed by atoms with Gasteiger partial charge < -0.3 is 15.2 Å². The number of ether oxygens (including phenoxy) is 1. The van der Waals surface area contributed by atoms with E-state index in [1.165, 1.54) is 12.8 Å². The van der Waals surface area contributed by atoms with Crippen LogP contribution in [0.2, 0.25) is 0 Å². The fourth-order valence-electron chi connectivity index (χ4n) is 3.69. The van der Waals surface area contributed by atoms with Gasteiger partial charge in [-0.05, 0) is 43.2 Å². The van der Waals surface area contributed by atoms with Crippen molar-refractivity contribution in [3.05, 3.63) is 22.9 Å². The van der Waals surface area contributed by atoms with Gasteiger partial charge in [0.25, 0.3) is 0 Å². The van der Waals surface area contributed by atoms with Gasteiger partial charge >= 0.3 is 5.97 Å². The van der Waals surface area contributed by atoms with Crippen LogP contribution in [-0.2, 0) is 17.6 Å². The Kier molecular flexibility index (Phi) is 4.41. The molecule has 1 aromatic heterocycles. The SMILES string of the molecule is O=C(O)c1cc2c(nc1NCC1CC1)CCN([C@@H]1CCOC1)CC2. The Morgan fingerprint density at radius 1 is 1.33 bits per heavy atom. The van der Waals surface area contributed by atoms with Crippen molar-refractivity contribution in [3.63, 3.8) is 0 Å². The average Bonchev–Trinajstić information content (AvgIpc) is 3.30. The van der Waals surface area contributed by atoms with Crippen molar-refractivity contribution in [1.82, 2.24) is 9.88 Å². The molecule has 0 aromatic carbocycles. The molecule has 0 unspecified atom stereocenters. The maximum atomic E-state index is 11.6. The quantitative estimate of drug-likeness (QED) is 0.857. The molecular formula is C18H25N3O3. The largest absolute Gasteiger partial charge is 0.478 e. The number of hydrogen-bond donors (Lipinski definition) is 2. The van der Waals surface area contributed by atoms with E-state index in [4.69, 9.17) is 9.72 Å². The van der Waals surface area contributed by atoms with Crippen LogP contribution in [0.4, 0.5) is 5.82 Å². The van der Waals surface area contributed by atoms with Crippen molar-refractivity contribution < 1.29 is 14.6 Å². The van der Waals surface area contributed by atoms with Crippen LogP contribution in [0.3, 0.4) is 0 Å². The van der Waals surface area contributed by atoms with Gasteiger partial charge in [-0.3, -0.25) is 4.90 Å². The molecule has 1 saturated carbocycles. The summed E-state index contributed by atoms with van der Waals surface area (Å²) in [6.07, 6.45) is 5.31. The molecule has 1 aliphatic carbocycles. The minimum absolute atomic E-state index is 0.312. The normalized spacial score (nSPS) is 24.4. The first-order valence-corrected chi connectivity index (χ1v) is 9.02. The molecule has 0 bridgehead atoms. The Hall–Kier alpha value is -1.66. The summed E-state index contributed by atoms with van der Waals surface area (Å²) in [5.41, 5.74) is 2.46. The first kappa shape index (κ1) is 15.8. The van der Waals surface area contributed by atoms with E-state index in [0.717, 1.165) is 63.4 Å². The maximum absolute atomic E-state index is 11.6. The van der Waals surface area contributed by atoms with Gasteiger partial charge in [0.1, 0.15) is 11.4 Å². The van der Waals surface area contributed by atoms with Crippen molar-refractivity contribution in [1.29, 1.82) is 0 Å². The fraction of sp³-hybridized carbons (Fsp3) is 0.667. The summed E-state index contributed by atoms with van der Waals surface area (Å²) in [5, 5.41) is 12.8. The summed E-state index contributed by atoms with van der Waals surface area (Å²) < 4.78 is 5.51. The van der Waals surface area contributed by atoms with E-state index >= 15 is 0 Å². The predicted molar refractivity (Wildman–Crippen MR) is 90.6 cm³/mol. The number of carboxylic acid groups (broad SMARTS) is 1. The van der Waals surface area contributed by atoms with Crippen molar-refractivity contribution in [2.45, 2.75) is 38.1 Å². The zero-order chi connectivity index (χ0) is 16.5. The number of anilines is 1. The third-order valence-corrected chi connectivity index (χ3v) is 5.40. The van der Waals surface area contributed by atoms with E-state index in [2.05, 4.69) is 10.2 Å². The third-order valence-electron chi connectivity index (χ3n) is 5.40. The molecule has 0 radical (unpaired) electrons. The van der Waals surface area contributed by atoms with Gasteiger partial charge in [0.05, 0.1) is 6.61 Å². The topological polar surface area (TPSA) is 74.7 Å². The van der Waals surface area contributed by atoms with Crippen LogP contribution in [-0.4, -0.2) is 59.8 Å². The smallest absolute Gasteiger partial charge is 0.339 e. The molecule has 2 N–H and O–H groups in total. The van der Waals surface area contributed by atoms with Crippen molar-refractivity contribution in [3.8, 4) is 0 Å². The Labute approximate surface area is 142 Å². The van der Waals surface area contributed by atoms with E-state index < -0.39 is 5.97 Å². The van der Waals surface area contributed by atoms with E-state index in [1.807, 2.05) is 6.07 Å². The number of hydrogen-bond acceptors (Lipinski definition) is 5. The molecule has 2 fully saturated rings. The second kappa shape index (κ2) is 6.69.